The third kappa shape index (κ3) is 6.76. The van der Waals surface area contributed by atoms with Gasteiger partial charge in [-0.1, -0.05) is 73.8 Å². The summed E-state index contributed by atoms with van der Waals surface area (Å²) in [6, 6.07) is 32.1. The van der Waals surface area contributed by atoms with Gasteiger partial charge in [0.1, 0.15) is 0 Å². The summed E-state index contributed by atoms with van der Waals surface area (Å²) in [6.07, 6.45) is 3.59. The number of aromatic nitrogens is 2. The smallest absolute Gasteiger partial charge is 0.246 e. The Hall–Kier alpha value is -5.44. The Kier molecular flexibility index (Phi) is 9.73. The van der Waals surface area contributed by atoms with Crippen LogP contribution in [0.1, 0.15) is 70.5 Å². The second-order valence-corrected chi connectivity index (χ2v) is 16.8. The van der Waals surface area contributed by atoms with E-state index >= 15 is 0 Å². The standard InChI is InChI=1S/C46H42N4O2S2/c1-6-45(51)49-24-39(37-21-29(4)53-43(37)26-49)34-15-9-11-17-36(34)42-20-19-31(30(5)48-42)22-32-23-38-40(25-50(46(52)7-2)27-44(38)54-32)33-14-8-10-16-35(33)41-18-12-13-28(3)47-41/h6-21,23,39-40H,1-2,22,24-27H2,3-5H3/t39-,40+/m1/s1. The zero-order valence-electron chi connectivity index (χ0n) is 30.8. The summed E-state index contributed by atoms with van der Waals surface area (Å²) < 4.78 is 0. The third-order valence-electron chi connectivity index (χ3n) is 10.7. The predicted octanol–water partition coefficient (Wildman–Crippen LogP) is 9.77. The van der Waals surface area contributed by atoms with E-state index in [-0.39, 0.29) is 23.7 Å². The van der Waals surface area contributed by atoms with Crippen molar-refractivity contribution in [2.45, 2.75) is 52.1 Å². The van der Waals surface area contributed by atoms with Crippen LogP contribution >= 0.6 is 22.7 Å². The maximum absolute atomic E-state index is 13.1. The minimum atomic E-state index is -0.0544. The van der Waals surface area contributed by atoms with Crippen LogP contribution < -0.4 is 0 Å². The highest BCUT2D eigenvalue weighted by molar-refractivity contribution is 7.12. The molecule has 2 aliphatic heterocycles. The Bertz CT molecular complexity index is 2440. The molecule has 0 saturated heterocycles. The van der Waals surface area contributed by atoms with Gasteiger partial charge in [-0.05, 0) is 91.1 Å². The highest BCUT2D eigenvalue weighted by Crippen LogP contribution is 2.44. The van der Waals surface area contributed by atoms with Crippen LogP contribution in [0.3, 0.4) is 0 Å². The van der Waals surface area contributed by atoms with E-state index in [0.29, 0.717) is 26.2 Å². The zero-order valence-corrected chi connectivity index (χ0v) is 32.5. The molecule has 2 amide bonds. The Morgan fingerprint density at radius 2 is 1.26 bits per heavy atom. The molecule has 0 N–H and O–H groups in total. The maximum atomic E-state index is 13.1. The number of nitrogens with zero attached hydrogens (tertiary/aromatic N) is 4. The molecule has 0 radical (unpaired) electrons. The lowest BCUT2D eigenvalue weighted by Gasteiger charge is -2.33. The topological polar surface area (TPSA) is 66.4 Å². The van der Waals surface area contributed by atoms with E-state index in [1.165, 1.54) is 59.5 Å². The zero-order chi connectivity index (χ0) is 37.5. The molecule has 2 atom stereocenters. The second kappa shape index (κ2) is 14.8. The quantitative estimate of drug-likeness (QED) is 0.146. The van der Waals surface area contributed by atoms with Crippen LogP contribution in [0, 0.1) is 20.8 Å². The number of hydrogen-bond acceptors (Lipinski definition) is 6. The van der Waals surface area contributed by atoms with Crippen LogP contribution in [0.5, 0.6) is 0 Å². The first kappa shape index (κ1) is 35.6. The molecule has 8 rings (SSSR count). The fraction of sp³-hybridized carbons (Fsp3) is 0.217. The summed E-state index contributed by atoms with van der Waals surface area (Å²) in [5.74, 6) is -0.0440. The van der Waals surface area contributed by atoms with E-state index in [2.05, 4.69) is 106 Å². The lowest BCUT2D eigenvalue weighted by Crippen LogP contribution is -2.37. The Morgan fingerprint density at radius 1 is 0.685 bits per heavy atom. The highest BCUT2D eigenvalue weighted by Gasteiger charge is 2.33. The van der Waals surface area contributed by atoms with Gasteiger partial charge in [0.05, 0.1) is 24.5 Å². The first-order valence-corrected chi connectivity index (χ1v) is 20.0. The van der Waals surface area contributed by atoms with Gasteiger partial charge in [0.2, 0.25) is 11.8 Å². The van der Waals surface area contributed by atoms with Crippen LogP contribution in [-0.4, -0.2) is 44.7 Å². The van der Waals surface area contributed by atoms with Gasteiger partial charge >= 0.3 is 0 Å². The second-order valence-electron chi connectivity index (χ2n) is 14.2. The average molecular weight is 747 g/mol. The van der Waals surface area contributed by atoms with E-state index in [0.717, 1.165) is 40.3 Å². The molecule has 0 aliphatic carbocycles. The number of aryl methyl sites for hydroxylation is 3. The van der Waals surface area contributed by atoms with Crippen molar-refractivity contribution in [2.24, 2.45) is 0 Å². The van der Waals surface area contributed by atoms with Gasteiger partial charge in [-0.3, -0.25) is 19.6 Å². The molecule has 0 unspecified atom stereocenters. The predicted molar refractivity (Wildman–Crippen MR) is 220 cm³/mol. The molecule has 4 aromatic heterocycles. The molecule has 270 valence electrons. The van der Waals surface area contributed by atoms with Crippen LogP contribution in [0.25, 0.3) is 22.5 Å². The molecular weight excluding hydrogens is 705 g/mol. The Labute approximate surface area is 325 Å². The minimum absolute atomic E-state index is 0.00396. The van der Waals surface area contributed by atoms with Crippen molar-refractivity contribution in [1.29, 1.82) is 0 Å². The summed E-state index contributed by atoms with van der Waals surface area (Å²) in [4.78, 5) is 44.7. The SMILES string of the molecule is C=CC(=O)N1Cc2sc(C)cc2[C@@H](c2ccccc2-c2ccc(Cc3cc4c(s3)CN(C(=O)C=C)C[C@H]4c3ccccc3-c3cccc(C)n3)c(C)n2)C1. The number of pyridine rings is 2. The molecule has 0 bridgehead atoms. The molecular formula is C46H42N4O2S2. The van der Waals surface area contributed by atoms with Crippen molar-refractivity contribution in [3.8, 4) is 22.5 Å². The molecule has 54 heavy (non-hydrogen) atoms. The molecule has 8 heteroatoms. The first-order valence-electron chi connectivity index (χ1n) is 18.3. The van der Waals surface area contributed by atoms with Crippen LogP contribution in [0.15, 0.2) is 116 Å². The molecule has 2 aromatic carbocycles. The van der Waals surface area contributed by atoms with Crippen molar-refractivity contribution in [1.82, 2.24) is 19.8 Å². The lowest BCUT2D eigenvalue weighted by atomic mass is 9.84. The van der Waals surface area contributed by atoms with Crippen molar-refractivity contribution >= 4 is 34.5 Å². The summed E-state index contributed by atoms with van der Waals surface area (Å²) in [5, 5.41) is 0. The van der Waals surface area contributed by atoms with Gasteiger partial charge in [-0.2, -0.15) is 0 Å². The Balaban J connectivity index is 1.12. The number of hydrogen-bond donors (Lipinski definition) is 0. The summed E-state index contributed by atoms with van der Waals surface area (Å²) >= 11 is 3.55. The van der Waals surface area contributed by atoms with Gasteiger partial charge < -0.3 is 9.80 Å². The number of carbonyl (C=O) groups excluding carboxylic acids is 2. The fourth-order valence-electron chi connectivity index (χ4n) is 8.12. The van der Waals surface area contributed by atoms with Crippen LogP contribution in [0.2, 0.25) is 0 Å². The fourth-order valence-corrected chi connectivity index (χ4v) is 10.5. The molecule has 6 aromatic rings. The summed E-state index contributed by atoms with van der Waals surface area (Å²) in [6.45, 7) is 16.2. The third-order valence-corrected chi connectivity index (χ3v) is 12.9. The summed E-state index contributed by atoms with van der Waals surface area (Å²) in [5.41, 5.74) is 12.1. The van der Waals surface area contributed by atoms with Crippen LogP contribution in [-0.2, 0) is 29.1 Å². The summed E-state index contributed by atoms with van der Waals surface area (Å²) in [7, 11) is 0. The van der Waals surface area contributed by atoms with E-state index in [9.17, 15) is 9.59 Å². The number of fused-ring (bicyclic) bond motifs is 2. The van der Waals surface area contributed by atoms with Crippen molar-refractivity contribution in [3.63, 3.8) is 0 Å². The number of thiophene rings is 2. The van der Waals surface area contributed by atoms with Gasteiger partial charge in [-0.25, -0.2) is 0 Å². The van der Waals surface area contributed by atoms with Gasteiger partial charge in [0.15, 0.2) is 0 Å². The van der Waals surface area contributed by atoms with Gasteiger partial charge in [-0.15, -0.1) is 22.7 Å². The molecule has 0 fully saturated rings. The van der Waals surface area contributed by atoms with Gasteiger partial charge in [0.25, 0.3) is 0 Å². The highest BCUT2D eigenvalue weighted by atomic mass is 32.1. The van der Waals surface area contributed by atoms with Gasteiger partial charge in [0, 0.05) is 73.4 Å². The largest absolute Gasteiger partial charge is 0.333 e. The average Bonchev–Trinajstić information content (AvgIpc) is 3.79. The van der Waals surface area contributed by atoms with Crippen molar-refractivity contribution in [2.75, 3.05) is 13.1 Å². The molecule has 2 aliphatic rings. The molecule has 6 nitrogen and oxygen atoms in total. The van der Waals surface area contributed by atoms with E-state index in [4.69, 9.17) is 9.97 Å². The number of benzene rings is 2. The monoisotopic (exact) mass is 746 g/mol. The normalized spacial score (nSPS) is 16.4. The number of carbonyl (C=O) groups is 2. The van der Waals surface area contributed by atoms with E-state index in [1.54, 1.807) is 22.7 Å². The molecule has 6 heterocycles. The van der Waals surface area contributed by atoms with E-state index in [1.807, 2.05) is 28.9 Å². The minimum Gasteiger partial charge on any atom is -0.333 e. The number of amides is 2. The first-order chi connectivity index (χ1) is 26.2. The lowest BCUT2D eigenvalue weighted by molar-refractivity contribution is -0.127. The van der Waals surface area contributed by atoms with Crippen molar-refractivity contribution in [3.05, 3.63) is 175 Å². The maximum Gasteiger partial charge on any atom is 0.246 e. The number of rotatable bonds is 8. The van der Waals surface area contributed by atoms with E-state index < -0.39 is 0 Å². The molecule has 0 saturated carbocycles. The Morgan fingerprint density at radius 3 is 1.85 bits per heavy atom. The molecule has 0 spiro atoms. The van der Waals surface area contributed by atoms with Crippen LogP contribution in [0.4, 0.5) is 0 Å². The van der Waals surface area contributed by atoms with Crippen molar-refractivity contribution < 1.29 is 9.59 Å².